The van der Waals surface area contributed by atoms with Crippen LogP contribution in [0.15, 0.2) is 24.3 Å². The van der Waals surface area contributed by atoms with E-state index in [1.807, 2.05) is 0 Å². The Labute approximate surface area is 116 Å². The summed E-state index contributed by atoms with van der Waals surface area (Å²) in [5, 5.41) is 11.1. The predicted molar refractivity (Wildman–Crippen MR) is 71.7 cm³/mol. The third kappa shape index (κ3) is 2.64. The number of hydrogen-bond acceptors (Lipinski definition) is 3. The Bertz CT molecular complexity index is 545. The minimum Gasteiger partial charge on any atom is -0.465 e. The molecule has 0 aromatic heterocycles. The molecule has 0 aliphatic carbocycles. The molecule has 106 valence electrons. The molecular weight excluding hydrogens is 260 g/mol. The van der Waals surface area contributed by atoms with Crippen molar-refractivity contribution in [1.82, 2.24) is 10.2 Å². The van der Waals surface area contributed by atoms with Crippen molar-refractivity contribution in [1.29, 1.82) is 0 Å². The summed E-state index contributed by atoms with van der Waals surface area (Å²) in [6, 6.07) is 6.67. The molecule has 0 unspecified atom stereocenters. The van der Waals surface area contributed by atoms with Crippen LogP contribution in [0.3, 0.4) is 0 Å². The molecule has 2 rings (SSSR count). The van der Waals surface area contributed by atoms with E-state index in [0.29, 0.717) is 17.5 Å². The fourth-order valence-corrected chi connectivity index (χ4v) is 2.19. The van der Waals surface area contributed by atoms with Crippen LogP contribution in [0.4, 0.5) is 4.79 Å². The standard InChI is InChI=1S/C14H16N2O4/c1-14(2,15-13(19)20)7-8-16-11(17)9-5-3-4-6-10(9)12(16)18/h3-6,15H,7-8H2,1-2H3,(H,19,20). The van der Waals surface area contributed by atoms with Gasteiger partial charge in [-0.05, 0) is 32.4 Å². The number of carboxylic acid groups (broad SMARTS) is 1. The maximum atomic E-state index is 12.1. The van der Waals surface area contributed by atoms with Crippen LogP contribution in [0, 0.1) is 0 Å². The molecule has 3 amide bonds. The van der Waals surface area contributed by atoms with Crippen molar-refractivity contribution in [3.63, 3.8) is 0 Å². The summed E-state index contributed by atoms with van der Waals surface area (Å²) in [5.41, 5.74) is 0.101. The first-order valence-electron chi connectivity index (χ1n) is 6.28. The van der Waals surface area contributed by atoms with Crippen LogP contribution in [0.5, 0.6) is 0 Å². The second kappa shape index (κ2) is 4.96. The fraction of sp³-hybridized carbons (Fsp3) is 0.357. The maximum Gasteiger partial charge on any atom is 0.405 e. The van der Waals surface area contributed by atoms with Gasteiger partial charge in [0.15, 0.2) is 0 Å². The second-order valence-electron chi connectivity index (χ2n) is 5.37. The lowest BCUT2D eigenvalue weighted by Gasteiger charge is -2.26. The lowest BCUT2D eigenvalue weighted by Crippen LogP contribution is -2.45. The summed E-state index contributed by atoms with van der Waals surface area (Å²) in [6.45, 7) is 3.60. The first kappa shape index (κ1) is 14.0. The van der Waals surface area contributed by atoms with Crippen molar-refractivity contribution in [2.75, 3.05) is 6.54 Å². The summed E-state index contributed by atoms with van der Waals surface area (Å²) >= 11 is 0. The van der Waals surface area contributed by atoms with Gasteiger partial charge in [0, 0.05) is 12.1 Å². The Balaban J connectivity index is 2.08. The molecule has 0 saturated carbocycles. The molecule has 1 aliphatic rings. The van der Waals surface area contributed by atoms with Gasteiger partial charge in [0.05, 0.1) is 11.1 Å². The van der Waals surface area contributed by atoms with E-state index in [2.05, 4.69) is 5.32 Å². The van der Waals surface area contributed by atoms with Crippen LogP contribution in [0.2, 0.25) is 0 Å². The van der Waals surface area contributed by atoms with Gasteiger partial charge in [-0.2, -0.15) is 0 Å². The molecule has 0 spiro atoms. The summed E-state index contributed by atoms with van der Waals surface area (Å²) in [6.07, 6.45) is -0.775. The molecule has 1 aliphatic heterocycles. The topological polar surface area (TPSA) is 86.7 Å². The van der Waals surface area contributed by atoms with Gasteiger partial charge in [-0.25, -0.2) is 4.79 Å². The monoisotopic (exact) mass is 276 g/mol. The number of rotatable bonds is 4. The molecule has 6 nitrogen and oxygen atoms in total. The molecule has 0 fully saturated rings. The van der Waals surface area contributed by atoms with Gasteiger partial charge in [-0.3, -0.25) is 14.5 Å². The zero-order valence-corrected chi connectivity index (χ0v) is 11.3. The van der Waals surface area contributed by atoms with Crippen molar-refractivity contribution in [2.24, 2.45) is 0 Å². The van der Waals surface area contributed by atoms with E-state index in [-0.39, 0.29) is 18.4 Å². The third-order valence-corrected chi connectivity index (χ3v) is 3.28. The van der Waals surface area contributed by atoms with Crippen LogP contribution in [-0.2, 0) is 0 Å². The smallest absolute Gasteiger partial charge is 0.405 e. The highest BCUT2D eigenvalue weighted by Gasteiger charge is 2.35. The van der Waals surface area contributed by atoms with Crippen molar-refractivity contribution in [3.8, 4) is 0 Å². The first-order chi connectivity index (χ1) is 9.32. The van der Waals surface area contributed by atoms with Crippen LogP contribution >= 0.6 is 0 Å². The van der Waals surface area contributed by atoms with Gasteiger partial charge in [0.2, 0.25) is 0 Å². The zero-order chi connectivity index (χ0) is 14.9. The van der Waals surface area contributed by atoms with Gasteiger partial charge in [-0.1, -0.05) is 12.1 Å². The highest BCUT2D eigenvalue weighted by atomic mass is 16.4. The van der Waals surface area contributed by atoms with Gasteiger partial charge in [0.1, 0.15) is 0 Å². The quantitative estimate of drug-likeness (QED) is 0.820. The minimum absolute atomic E-state index is 0.180. The molecule has 0 bridgehead atoms. The molecule has 1 aromatic rings. The number of benzene rings is 1. The summed E-state index contributed by atoms with van der Waals surface area (Å²) in [7, 11) is 0. The van der Waals surface area contributed by atoms with E-state index in [4.69, 9.17) is 5.11 Å². The Morgan fingerprint density at radius 1 is 1.20 bits per heavy atom. The number of imide groups is 1. The van der Waals surface area contributed by atoms with Crippen LogP contribution in [-0.4, -0.2) is 40.0 Å². The molecule has 1 heterocycles. The van der Waals surface area contributed by atoms with Gasteiger partial charge in [0.25, 0.3) is 11.8 Å². The molecule has 2 N–H and O–H groups in total. The fourth-order valence-electron chi connectivity index (χ4n) is 2.19. The Morgan fingerprint density at radius 3 is 2.15 bits per heavy atom. The zero-order valence-electron chi connectivity index (χ0n) is 11.3. The molecule has 0 atom stereocenters. The number of fused-ring (bicyclic) bond motifs is 1. The first-order valence-corrected chi connectivity index (χ1v) is 6.28. The highest BCUT2D eigenvalue weighted by Crippen LogP contribution is 2.23. The number of carbonyl (C=O) groups excluding carboxylic acids is 2. The predicted octanol–water partition coefficient (Wildman–Crippen LogP) is 1.72. The van der Waals surface area contributed by atoms with Crippen molar-refractivity contribution in [3.05, 3.63) is 35.4 Å². The summed E-state index contributed by atoms with van der Waals surface area (Å²) < 4.78 is 0. The minimum atomic E-state index is -1.13. The second-order valence-corrected chi connectivity index (χ2v) is 5.37. The highest BCUT2D eigenvalue weighted by molar-refractivity contribution is 6.21. The number of nitrogens with zero attached hydrogens (tertiary/aromatic N) is 1. The van der Waals surface area contributed by atoms with E-state index in [9.17, 15) is 14.4 Å². The number of nitrogens with one attached hydrogen (secondary N) is 1. The molecule has 20 heavy (non-hydrogen) atoms. The third-order valence-electron chi connectivity index (χ3n) is 3.28. The maximum absolute atomic E-state index is 12.1. The normalized spacial score (nSPS) is 14.4. The average molecular weight is 276 g/mol. The largest absolute Gasteiger partial charge is 0.465 e. The SMILES string of the molecule is CC(C)(CCN1C(=O)c2ccccc2C1=O)NC(=O)O. The molecule has 0 radical (unpaired) electrons. The van der Waals surface area contributed by atoms with Crippen molar-refractivity contribution >= 4 is 17.9 Å². The molecule has 6 heteroatoms. The van der Waals surface area contributed by atoms with Gasteiger partial charge in [-0.15, -0.1) is 0 Å². The summed E-state index contributed by atoms with van der Waals surface area (Å²) in [4.78, 5) is 36.1. The lowest BCUT2D eigenvalue weighted by molar-refractivity contribution is 0.0643. The molecule has 1 aromatic carbocycles. The van der Waals surface area contributed by atoms with Crippen LogP contribution in [0.1, 0.15) is 41.0 Å². The number of carbonyl (C=O) groups is 3. The van der Waals surface area contributed by atoms with Crippen molar-refractivity contribution < 1.29 is 19.5 Å². The van der Waals surface area contributed by atoms with Crippen LogP contribution in [0.25, 0.3) is 0 Å². The number of hydrogen-bond donors (Lipinski definition) is 2. The Morgan fingerprint density at radius 2 is 1.70 bits per heavy atom. The lowest BCUT2D eigenvalue weighted by atomic mass is 10.0. The van der Waals surface area contributed by atoms with E-state index in [1.54, 1.807) is 38.1 Å². The molecular formula is C14H16N2O4. The average Bonchev–Trinajstić information content (AvgIpc) is 2.59. The van der Waals surface area contributed by atoms with E-state index in [1.165, 1.54) is 0 Å². The van der Waals surface area contributed by atoms with Crippen molar-refractivity contribution in [2.45, 2.75) is 25.8 Å². The van der Waals surface area contributed by atoms with Gasteiger partial charge < -0.3 is 10.4 Å². The van der Waals surface area contributed by atoms with E-state index in [0.717, 1.165) is 4.90 Å². The van der Waals surface area contributed by atoms with E-state index < -0.39 is 11.6 Å². The molecule has 0 saturated heterocycles. The van der Waals surface area contributed by atoms with E-state index >= 15 is 0 Å². The number of amides is 3. The Hall–Kier alpha value is -2.37. The Kier molecular flexibility index (Phi) is 3.48. The van der Waals surface area contributed by atoms with Gasteiger partial charge >= 0.3 is 6.09 Å². The summed E-state index contributed by atoms with van der Waals surface area (Å²) in [5.74, 6) is -0.645. The van der Waals surface area contributed by atoms with Crippen LogP contribution < -0.4 is 5.32 Å².